The van der Waals surface area contributed by atoms with Gasteiger partial charge in [-0.05, 0) is 69.1 Å². The van der Waals surface area contributed by atoms with Gasteiger partial charge in [-0.3, -0.25) is 37.3 Å². The van der Waals surface area contributed by atoms with Crippen LogP contribution in [0.15, 0.2) is 24.3 Å². The third kappa shape index (κ3) is 65.5. The molecule has 0 aromatic carbocycles. The van der Waals surface area contributed by atoms with Crippen LogP contribution in [0.2, 0.25) is 0 Å². The van der Waals surface area contributed by atoms with Crippen LogP contribution >= 0.6 is 15.6 Å². The molecule has 0 saturated heterocycles. The van der Waals surface area contributed by atoms with E-state index in [1.54, 1.807) is 0 Å². The van der Waals surface area contributed by atoms with Crippen LogP contribution in [-0.2, 0) is 65.4 Å². The van der Waals surface area contributed by atoms with Gasteiger partial charge in [0.15, 0.2) is 12.2 Å². The summed E-state index contributed by atoms with van der Waals surface area (Å²) in [7, 11) is -9.92. The van der Waals surface area contributed by atoms with Gasteiger partial charge in [0.05, 0.1) is 26.4 Å². The van der Waals surface area contributed by atoms with Crippen LogP contribution in [0, 0.1) is 17.8 Å². The molecule has 0 spiro atoms. The first-order valence-corrected chi connectivity index (χ1v) is 41.2. The predicted molar refractivity (Wildman–Crippen MR) is 381 cm³/mol. The molecule has 554 valence electrons. The number of esters is 4. The smallest absolute Gasteiger partial charge is 0.462 e. The van der Waals surface area contributed by atoms with Crippen molar-refractivity contribution in [3.63, 3.8) is 0 Å². The van der Waals surface area contributed by atoms with Gasteiger partial charge in [0.2, 0.25) is 0 Å². The highest BCUT2D eigenvalue weighted by molar-refractivity contribution is 7.47. The van der Waals surface area contributed by atoms with Gasteiger partial charge >= 0.3 is 39.5 Å². The van der Waals surface area contributed by atoms with E-state index in [2.05, 4.69) is 72.8 Å². The highest BCUT2D eigenvalue weighted by Crippen LogP contribution is 2.45. The van der Waals surface area contributed by atoms with E-state index in [4.69, 9.17) is 37.0 Å². The lowest BCUT2D eigenvalue weighted by atomic mass is 9.99. The number of hydrogen-bond donors (Lipinski definition) is 3. The molecule has 94 heavy (non-hydrogen) atoms. The van der Waals surface area contributed by atoms with Gasteiger partial charge in [-0.25, -0.2) is 9.13 Å². The van der Waals surface area contributed by atoms with E-state index in [-0.39, 0.29) is 25.7 Å². The number of aliphatic hydroxyl groups excluding tert-OH is 1. The molecule has 0 saturated carbocycles. The molecule has 4 unspecified atom stereocenters. The Labute approximate surface area is 573 Å². The number of rotatable bonds is 71. The molecule has 7 atom stereocenters. The van der Waals surface area contributed by atoms with E-state index in [1.807, 2.05) is 0 Å². The van der Waals surface area contributed by atoms with Crippen LogP contribution in [0.4, 0.5) is 0 Å². The van der Waals surface area contributed by atoms with Gasteiger partial charge in [0, 0.05) is 25.7 Å². The Hall–Kier alpha value is -2.46. The van der Waals surface area contributed by atoms with Gasteiger partial charge in [0.25, 0.3) is 0 Å². The van der Waals surface area contributed by atoms with E-state index in [0.717, 1.165) is 127 Å². The molecular weight excluding hydrogens is 1230 g/mol. The summed E-state index contributed by atoms with van der Waals surface area (Å²) in [6.45, 7) is 11.8. The zero-order chi connectivity index (χ0) is 69.4. The molecule has 0 rings (SSSR count). The Morgan fingerprint density at radius 2 is 0.628 bits per heavy atom. The number of carbonyl (C=O) groups excluding carboxylic acids is 4. The molecular formula is C75H142O17P2. The van der Waals surface area contributed by atoms with Crippen molar-refractivity contribution in [2.45, 2.75) is 375 Å². The summed E-state index contributed by atoms with van der Waals surface area (Å²) >= 11 is 0. The molecule has 0 fully saturated rings. The summed E-state index contributed by atoms with van der Waals surface area (Å²) < 4.78 is 68.4. The third-order valence-corrected chi connectivity index (χ3v) is 19.4. The second kappa shape index (κ2) is 65.2. The molecule has 0 heterocycles. The first-order chi connectivity index (χ1) is 45.3. The molecule has 0 aliphatic carbocycles. The Balaban J connectivity index is 5.30. The monoisotopic (exact) mass is 1380 g/mol. The van der Waals surface area contributed by atoms with Crippen molar-refractivity contribution in [2.24, 2.45) is 17.8 Å². The summed E-state index contributed by atoms with van der Waals surface area (Å²) in [5.74, 6) is 0.158. The lowest BCUT2D eigenvalue weighted by Gasteiger charge is -2.21. The Bertz CT molecular complexity index is 1930. The van der Waals surface area contributed by atoms with Crippen molar-refractivity contribution >= 4 is 39.5 Å². The minimum absolute atomic E-state index is 0.0838. The van der Waals surface area contributed by atoms with Crippen molar-refractivity contribution in [3.8, 4) is 0 Å². The summed E-state index contributed by atoms with van der Waals surface area (Å²) in [5, 5.41) is 10.6. The molecule has 17 nitrogen and oxygen atoms in total. The SMILES string of the molecule is CCCCCC/C=C\C=C/CCCCCCCC(=O)O[C@H](COC(=O)CCCCCCCCC(C)CC)COP(=O)(O)OC[C@H](O)COP(=O)(O)OC[C@@H](COC(=O)CCCCCCCCCCCCCCC(C)C)OC(=O)CCCCCCCCCCCCC(C)CC. The summed E-state index contributed by atoms with van der Waals surface area (Å²) in [6, 6.07) is 0. The van der Waals surface area contributed by atoms with E-state index in [9.17, 15) is 43.2 Å². The minimum atomic E-state index is -4.96. The quantitative estimate of drug-likeness (QED) is 0.0169. The van der Waals surface area contributed by atoms with Crippen molar-refractivity contribution in [1.82, 2.24) is 0 Å². The molecule has 0 aliphatic heterocycles. The number of carbonyl (C=O) groups is 4. The Morgan fingerprint density at radius 1 is 0.351 bits per heavy atom. The molecule has 19 heteroatoms. The standard InChI is InChI=1S/C75H142O17P2/c1-8-11-12-13-14-15-16-17-18-19-24-30-35-44-51-58-74(79)92-71(63-86-73(78)57-50-43-38-37-41-48-55-68(7)10-3)65-90-94(83,84)88-61-69(76)60-87-93(81,82)89-64-70(91-75(80)59-52-45-36-31-26-25-28-33-40-47-54-67(6)9-2)62-85-72(77)56-49-42-34-29-23-21-20-22-27-32-39-46-53-66(4)5/h15-18,66-71,76H,8-14,19-65H2,1-7H3,(H,81,82)(H,83,84)/b16-15-,18-17-/t67?,68?,69-,70-,71-/m1/s1. The van der Waals surface area contributed by atoms with E-state index >= 15 is 0 Å². The third-order valence-electron chi connectivity index (χ3n) is 17.5. The van der Waals surface area contributed by atoms with E-state index in [0.29, 0.717) is 25.7 Å². The lowest BCUT2D eigenvalue weighted by molar-refractivity contribution is -0.161. The van der Waals surface area contributed by atoms with Crippen LogP contribution in [0.5, 0.6) is 0 Å². The first kappa shape index (κ1) is 91.5. The average Bonchev–Trinajstić information content (AvgIpc) is 1.38. The molecule has 0 aliphatic rings. The molecule has 0 bridgehead atoms. The largest absolute Gasteiger partial charge is 0.472 e. The van der Waals surface area contributed by atoms with Gasteiger partial charge in [-0.2, -0.15) is 0 Å². The highest BCUT2D eigenvalue weighted by atomic mass is 31.2. The zero-order valence-corrected chi connectivity index (χ0v) is 62.7. The fourth-order valence-electron chi connectivity index (χ4n) is 10.8. The average molecular weight is 1380 g/mol. The zero-order valence-electron chi connectivity index (χ0n) is 60.9. The summed E-state index contributed by atoms with van der Waals surface area (Å²) in [4.78, 5) is 72.8. The van der Waals surface area contributed by atoms with Crippen LogP contribution in [-0.4, -0.2) is 96.7 Å². The summed E-state index contributed by atoms with van der Waals surface area (Å²) in [5.41, 5.74) is 0. The number of phosphoric acid groups is 2. The van der Waals surface area contributed by atoms with Crippen LogP contribution in [0.3, 0.4) is 0 Å². The maximum Gasteiger partial charge on any atom is 0.472 e. The number of allylic oxidation sites excluding steroid dienone is 4. The summed E-state index contributed by atoms with van der Waals surface area (Å²) in [6.07, 6.45) is 53.4. The second-order valence-corrected chi connectivity index (χ2v) is 30.2. The molecule has 0 radical (unpaired) electrons. The topological polar surface area (TPSA) is 237 Å². The Kier molecular flexibility index (Phi) is 63.5. The number of aliphatic hydroxyl groups is 1. The highest BCUT2D eigenvalue weighted by Gasteiger charge is 2.30. The lowest BCUT2D eigenvalue weighted by Crippen LogP contribution is -2.30. The fourth-order valence-corrected chi connectivity index (χ4v) is 12.4. The van der Waals surface area contributed by atoms with E-state index in [1.165, 1.54) is 148 Å². The van der Waals surface area contributed by atoms with Gasteiger partial charge in [-0.1, -0.05) is 304 Å². The molecule has 0 amide bonds. The van der Waals surface area contributed by atoms with Crippen molar-refractivity contribution in [2.75, 3.05) is 39.6 Å². The second-order valence-electron chi connectivity index (χ2n) is 27.3. The normalized spacial score (nSPS) is 14.8. The molecule has 3 N–H and O–H groups in total. The van der Waals surface area contributed by atoms with Gasteiger partial charge in [-0.15, -0.1) is 0 Å². The maximum atomic E-state index is 13.1. The van der Waals surface area contributed by atoms with Crippen molar-refractivity contribution in [1.29, 1.82) is 0 Å². The van der Waals surface area contributed by atoms with Crippen molar-refractivity contribution in [3.05, 3.63) is 24.3 Å². The number of unbranched alkanes of at least 4 members (excludes halogenated alkanes) is 34. The van der Waals surface area contributed by atoms with Crippen molar-refractivity contribution < 1.29 is 80.2 Å². The number of phosphoric ester groups is 2. The molecule has 0 aromatic heterocycles. The molecule has 0 aromatic rings. The Morgan fingerprint density at radius 3 is 0.947 bits per heavy atom. The fraction of sp³-hybridized carbons (Fsp3) is 0.893. The van der Waals surface area contributed by atoms with Crippen LogP contribution < -0.4 is 0 Å². The van der Waals surface area contributed by atoms with E-state index < -0.39 is 97.5 Å². The minimum Gasteiger partial charge on any atom is -0.462 e. The van der Waals surface area contributed by atoms with Gasteiger partial charge < -0.3 is 33.8 Å². The predicted octanol–water partition coefficient (Wildman–Crippen LogP) is 21.3. The number of ether oxygens (including phenoxy) is 4. The maximum absolute atomic E-state index is 13.1. The van der Waals surface area contributed by atoms with Crippen LogP contribution in [0.1, 0.15) is 357 Å². The first-order valence-electron chi connectivity index (χ1n) is 38.2. The number of hydrogen-bond acceptors (Lipinski definition) is 15. The van der Waals surface area contributed by atoms with Gasteiger partial charge in [0.1, 0.15) is 19.3 Å². The van der Waals surface area contributed by atoms with Crippen LogP contribution in [0.25, 0.3) is 0 Å².